The van der Waals surface area contributed by atoms with Gasteiger partial charge in [0.05, 0.1) is 0 Å². The van der Waals surface area contributed by atoms with Crippen LogP contribution in [0, 0.1) is 31.1 Å². The molecule has 0 heterocycles. The second-order valence-corrected chi connectivity index (χ2v) is 8.73. The van der Waals surface area contributed by atoms with Gasteiger partial charge in [-0.05, 0) is 87.6 Å². The second-order valence-electron chi connectivity index (χ2n) is 8.73. The van der Waals surface area contributed by atoms with E-state index in [1.54, 1.807) is 13.8 Å². The SMILES string of the molecule is CC#Cc1cc(C)c(C2C(=O)CC3(CCC(NC(C)O)CC3)CC2=O)c(C)c1. The maximum absolute atomic E-state index is 13.1. The third-order valence-corrected chi connectivity index (χ3v) is 6.42. The van der Waals surface area contributed by atoms with Gasteiger partial charge in [0, 0.05) is 24.4 Å². The largest absolute Gasteiger partial charge is 0.379 e. The number of carbonyl (C=O) groups excluding carboxylic acids is 2. The lowest BCUT2D eigenvalue weighted by Crippen LogP contribution is -2.46. The summed E-state index contributed by atoms with van der Waals surface area (Å²) in [5.41, 5.74) is 3.58. The first kappa shape index (κ1) is 20.8. The van der Waals surface area contributed by atoms with Gasteiger partial charge in [0.15, 0.2) is 0 Å². The van der Waals surface area contributed by atoms with Crippen LogP contribution in [0.5, 0.6) is 0 Å². The summed E-state index contributed by atoms with van der Waals surface area (Å²) in [6.07, 6.45) is 3.98. The first-order valence-corrected chi connectivity index (χ1v) is 10.3. The minimum atomic E-state index is -0.623. The van der Waals surface area contributed by atoms with E-state index in [1.165, 1.54) is 0 Å². The molecule has 0 aromatic heterocycles. The Bertz CT molecular complexity index is 792. The molecule has 2 aliphatic carbocycles. The second kappa shape index (κ2) is 8.19. The number of aliphatic hydroxyl groups excluding tert-OH is 1. The van der Waals surface area contributed by atoms with Crippen molar-refractivity contribution in [1.29, 1.82) is 0 Å². The summed E-state index contributed by atoms with van der Waals surface area (Å²) < 4.78 is 0. The Kier molecular flexibility index (Phi) is 6.07. The van der Waals surface area contributed by atoms with Gasteiger partial charge >= 0.3 is 0 Å². The Hall–Kier alpha value is -1.96. The van der Waals surface area contributed by atoms with Crippen LogP contribution < -0.4 is 5.32 Å². The van der Waals surface area contributed by atoms with E-state index in [9.17, 15) is 14.7 Å². The molecule has 1 aromatic carbocycles. The summed E-state index contributed by atoms with van der Waals surface area (Å²) >= 11 is 0. The molecule has 0 radical (unpaired) electrons. The Morgan fingerprint density at radius 1 is 1.11 bits per heavy atom. The molecule has 1 unspecified atom stereocenters. The number of aryl methyl sites for hydroxylation is 2. The summed E-state index contributed by atoms with van der Waals surface area (Å²) in [6.45, 7) is 7.48. The molecule has 4 heteroatoms. The van der Waals surface area contributed by atoms with Crippen molar-refractivity contribution in [3.63, 3.8) is 0 Å². The third kappa shape index (κ3) is 4.21. The van der Waals surface area contributed by atoms with Gasteiger partial charge in [0.25, 0.3) is 0 Å². The Labute approximate surface area is 168 Å². The number of hydrogen-bond acceptors (Lipinski definition) is 4. The van der Waals surface area contributed by atoms with Gasteiger partial charge in [0.1, 0.15) is 23.7 Å². The standard InChI is InChI=1S/C24H31NO3/c1-5-6-18-11-15(2)22(16(3)12-18)23-20(27)13-24(14-21(23)28)9-7-19(8-10-24)25-17(4)26/h11-12,17,19,23,25-26H,7-10,13-14H2,1-4H3. The monoisotopic (exact) mass is 381 g/mol. The molecule has 0 bridgehead atoms. The van der Waals surface area contributed by atoms with E-state index < -0.39 is 12.1 Å². The lowest BCUT2D eigenvalue weighted by Gasteiger charge is -2.44. The maximum Gasteiger partial charge on any atom is 0.148 e. The molecule has 0 amide bonds. The van der Waals surface area contributed by atoms with Gasteiger partial charge in [-0.1, -0.05) is 5.92 Å². The first-order chi connectivity index (χ1) is 13.2. The molecule has 2 N–H and O–H groups in total. The third-order valence-electron chi connectivity index (χ3n) is 6.42. The van der Waals surface area contributed by atoms with Gasteiger partial charge in [-0.25, -0.2) is 0 Å². The van der Waals surface area contributed by atoms with Crippen LogP contribution in [0.25, 0.3) is 0 Å². The highest BCUT2D eigenvalue weighted by Gasteiger charge is 2.47. The van der Waals surface area contributed by atoms with Crippen LogP contribution in [-0.2, 0) is 9.59 Å². The quantitative estimate of drug-likeness (QED) is 0.477. The molecule has 2 saturated carbocycles. The summed E-state index contributed by atoms with van der Waals surface area (Å²) in [5, 5.41) is 12.7. The first-order valence-electron chi connectivity index (χ1n) is 10.3. The molecule has 0 saturated heterocycles. The molecule has 3 rings (SSSR count). The molecule has 1 aromatic rings. The van der Waals surface area contributed by atoms with Crippen LogP contribution in [0.4, 0.5) is 0 Å². The van der Waals surface area contributed by atoms with E-state index in [4.69, 9.17) is 0 Å². The van der Waals surface area contributed by atoms with Crippen LogP contribution in [0.2, 0.25) is 0 Å². The molecule has 4 nitrogen and oxygen atoms in total. The zero-order valence-electron chi connectivity index (χ0n) is 17.4. The fourth-order valence-corrected chi connectivity index (χ4v) is 5.25. The van der Waals surface area contributed by atoms with E-state index in [2.05, 4.69) is 17.2 Å². The van der Waals surface area contributed by atoms with E-state index in [0.717, 1.165) is 47.9 Å². The van der Waals surface area contributed by atoms with Crippen LogP contribution >= 0.6 is 0 Å². The summed E-state index contributed by atoms with van der Waals surface area (Å²) in [6, 6.07) is 4.23. The molecule has 2 aliphatic rings. The van der Waals surface area contributed by atoms with Gasteiger partial charge < -0.3 is 5.11 Å². The molecule has 150 valence electrons. The van der Waals surface area contributed by atoms with Crippen molar-refractivity contribution in [2.24, 2.45) is 5.41 Å². The number of Topliss-reactive ketones (excluding diaryl/α,β-unsaturated/α-hetero) is 2. The lowest BCUT2D eigenvalue weighted by atomic mass is 9.60. The van der Waals surface area contributed by atoms with Crippen molar-refractivity contribution in [2.45, 2.75) is 84.4 Å². The van der Waals surface area contributed by atoms with Crippen LogP contribution in [-0.4, -0.2) is 28.9 Å². The fraction of sp³-hybridized carbons (Fsp3) is 0.583. The highest BCUT2D eigenvalue weighted by atomic mass is 16.3. The minimum absolute atomic E-state index is 0.0683. The Balaban J connectivity index is 1.79. The lowest BCUT2D eigenvalue weighted by molar-refractivity contribution is -0.138. The summed E-state index contributed by atoms with van der Waals surface area (Å²) in [5.74, 6) is 5.48. The Morgan fingerprint density at radius 3 is 2.11 bits per heavy atom. The summed E-state index contributed by atoms with van der Waals surface area (Å²) in [7, 11) is 0. The number of nitrogens with one attached hydrogen (secondary N) is 1. The smallest absolute Gasteiger partial charge is 0.148 e. The highest BCUT2D eigenvalue weighted by Crippen LogP contribution is 2.49. The zero-order chi connectivity index (χ0) is 20.5. The average Bonchev–Trinajstić information content (AvgIpc) is 2.59. The van der Waals surface area contributed by atoms with Crippen LogP contribution in [0.1, 0.15) is 80.5 Å². The van der Waals surface area contributed by atoms with E-state index in [0.29, 0.717) is 12.8 Å². The number of rotatable bonds is 3. The van der Waals surface area contributed by atoms with Gasteiger partial charge in [-0.2, -0.15) is 0 Å². The number of hydrogen-bond donors (Lipinski definition) is 2. The maximum atomic E-state index is 13.1. The van der Waals surface area contributed by atoms with E-state index in [1.807, 2.05) is 26.0 Å². The highest BCUT2D eigenvalue weighted by molar-refractivity contribution is 6.10. The number of ketones is 2. The predicted molar refractivity (Wildman–Crippen MR) is 110 cm³/mol. The van der Waals surface area contributed by atoms with E-state index in [-0.39, 0.29) is 23.0 Å². The molecular weight excluding hydrogens is 350 g/mol. The van der Waals surface area contributed by atoms with E-state index >= 15 is 0 Å². The predicted octanol–water partition coefficient (Wildman–Crippen LogP) is 3.55. The van der Waals surface area contributed by atoms with Crippen LogP contribution in [0.3, 0.4) is 0 Å². The Morgan fingerprint density at radius 2 is 1.64 bits per heavy atom. The van der Waals surface area contributed by atoms with Crippen molar-refractivity contribution in [2.75, 3.05) is 0 Å². The van der Waals surface area contributed by atoms with Crippen molar-refractivity contribution >= 4 is 11.6 Å². The van der Waals surface area contributed by atoms with Crippen molar-refractivity contribution in [1.82, 2.24) is 5.32 Å². The van der Waals surface area contributed by atoms with Gasteiger partial charge in [-0.15, -0.1) is 5.92 Å². The molecule has 2 fully saturated rings. The van der Waals surface area contributed by atoms with Gasteiger partial charge in [-0.3, -0.25) is 14.9 Å². The fourth-order valence-electron chi connectivity index (χ4n) is 5.25. The van der Waals surface area contributed by atoms with Crippen molar-refractivity contribution < 1.29 is 14.7 Å². The molecular formula is C24H31NO3. The summed E-state index contributed by atoms with van der Waals surface area (Å²) in [4.78, 5) is 26.3. The number of carbonyl (C=O) groups is 2. The topological polar surface area (TPSA) is 66.4 Å². The number of benzene rings is 1. The number of aliphatic hydroxyl groups is 1. The minimum Gasteiger partial charge on any atom is -0.379 e. The molecule has 0 aliphatic heterocycles. The molecule has 1 spiro atoms. The van der Waals surface area contributed by atoms with Crippen molar-refractivity contribution in [3.8, 4) is 11.8 Å². The zero-order valence-corrected chi connectivity index (χ0v) is 17.4. The van der Waals surface area contributed by atoms with Crippen LogP contribution in [0.15, 0.2) is 12.1 Å². The van der Waals surface area contributed by atoms with Gasteiger partial charge in [0.2, 0.25) is 0 Å². The average molecular weight is 382 g/mol. The van der Waals surface area contributed by atoms with Crippen molar-refractivity contribution in [3.05, 3.63) is 34.4 Å². The normalized spacial score (nSPS) is 28.8. The molecule has 28 heavy (non-hydrogen) atoms. The molecule has 1 atom stereocenters.